The lowest BCUT2D eigenvalue weighted by Gasteiger charge is -2.19. The highest BCUT2D eigenvalue weighted by Gasteiger charge is 2.10. The molecule has 1 atom stereocenters. The zero-order valence-corrected chi connectivity index (χ0v) is 14.0. The highest BCUT2D eigenvalue weighted by atomic mass is 32.1. The Bertz CT molecular complexity index is 423. The van der Waals surface area contributed by atoms with Crippen molar-refractivity contribution in [2.24, 2.45) is 5.73 Å². The summed E-state index contributed by atoms with van der Waals surface area (Å²) >= 11 is 5.00. The molecule has 1 aromatic rings. The Balaban J connectivity index is 2.50. The normalized spacial score (nSPS) is 11.9. The number of ether oxygens (including phenoxy) is 1. The summed E-state index contributed by atoms with van der Waals surface area (Å²) in [6, 6.07) is 8.48. The summed E-state index contributed by atoms with van der Waals surface area (Å²) in [5.74, 6) is 0.893. The molecule has 21 heavy (non-hydrogen) atoms. The van der Waals surface area contributed by atoms with E-state index in [1.54, 1.807) is 7.11 Å². The number of benzene rings is 1. The second kappa shape index (κ2) is 10.4. The van der Waals surface area contributed by atoms with Gasteiger partial charge in [0, 0.05) is 6.04 Å². The van der Waals surface area contributed by atoms with E-state index in [1.165, 1.54) is 37.7 Å². The van der Waals surface area contributed by atoms with E-state index in [2.05, 4.69) is 24.4 Å². The summed E-state index contributed by atoms with van der Waals surface area (Å²) in [7, 11) is 1.69. The number of unbranched alkanes of at least 4 members (excludes halogenated alkanes) is 4. The van der Waals surface area contributed by atoms with Crippen molar-refractivity contribution in [1.29, 1.82) is 0 Å². The van der Waals surface area contributed by atoms with Crippen molar-refractivity contribution in [2.75, 3.05) is 7.11 Å². The van der Waals surface area contributed by atoms with Gasteiger partial charge in [0.15, 0.2) is 5.11 Å². The van der Waals surface area contributed by atoms with Crippen LogP contribution in [0.25, 0.3) is 0 Å². The first-order valence-corrected chi connectivity index (χ1v) is 8.25. The fraction of sp³-hybridized carbons (Fsp3) is 0.588. The van der Waals surface area contributed by atoms with Crippen LogP contribution in [0.4, 0.5) is 0 Å². The van der Waals surface area contributed by atoms with E-state index in [1.807, 2.05) is 12.1 Å². The van der Waals surface area contributed by atoms with Crippen molar-refractivity contribution < 1.29 is 4.74 Å². The van der Waals surface area contributed by atoms with Gasteiger partial charge < -0.3 is 15.8 Å². The Labute approximate surface area is 134 Å². The predicted octanol–water partition coefficient (Wildman–Crippen LogP) is 3.80. The Morgan fingerprint density at radius 1 is 1.29 bits per heavy atom. The molecule has 0 aliphatic heterocycles. The van der Waals surface area contributed by atoms with E-state index >= 15 is 0 Å². The van der Waals surface area contributed by atoms with Gasteiger partial charge in [0.05, 0.1) is 7.11 Å². The van der Waals surface area contributed by atoms with Crippen LogP contribution < -0.4 is 15.8 Å². The molecular formula is C17H28N2OS. The van der Waals surface area contributed by atoms with Gasteiger partial charge in [0.2, 0.25) is 0 Å². The zero-order chi connectivity index (χ0) is 15.5. The molecule has 0 amide bonds. The van der Waals surface area contributed by atoms with Crippen molar-refractivity contribution in [2.45, 2.75) is 57.9 Å². The highest BCUT2D eigenvalue weighted by molar-refractivity contribution is 7.80. The zero-order valence-electron chi connectivity index (χ0n) is 13.2. The van der Waals surface area contributed by atoms with Crippen LogP contribution in [0.1, 0.15) is 51.0 Å². The first kappa shape index (κ1) is 17.8. The Hall–Kier alpha value is -1.29. The molecule has 0 heterocycles. The quantitative estimate of drug-likeness (QED) is 0.510. The molecule has 1 aromatic carbocycles. The summed E-state index contributed by atoms with van der Waals surface area (Å²) in [5.41, 5.74) is 6.90. The van der Waals surface area contributed by atoms with Crippen LogP contribution >= 0.6 is 12.2 Å². The molecule has 118 valence electrons. The smallest absolute Gasteiger partial charge is 0.163 e. The average molecular weight is 308 g/mol. The minimum atomic E-state index is 0.302. The van der Waals surface area contributed by atoms with Gasteiger partial charge in [-0.1, -0.05) is 51.2 Å². The molecule has 0 aliphatic rings. The Morgan fingerprint density at radius 3 is 2.71 bits per heavy atom. The lowest BCUT2D eigenvalue weighted by molar-refractivity contribution is 0.413. The Morgan fingerprint density at radius 2 is 2.05 bits per heavy atom. The van der Waals surface area contributed by atoms with Crippen molar-refractivity contribution in [1.82, 2.24) is 5.32 Å². The third kappa shape index (κ3) is 7.90. The molecular weight excluding hydrogens is 280 g/mol. The van der Waals surface area contributed by atoms with Crippen LogP contribution in [0.15, 0.2) is 24.3 Å². The summed E-state index contributed by atoms with van der Waals surface area (Å²) in [6.45, 7) is 2.24. The topological polar surface area (TPSA) is 47.3 Å². The molecule has 0 bridgehead atoms. The number of thiocarbonyl (C=S) groups is 1. The molecule has 1 rings (SSSR count). The fourth-order valence-corrected chi connectivity index (χ4v) is 2.67. The number of methoxy groups -OCH3 is 1. The van der Waals surface area contributed by atoms with E-state index in [-0.39, 0.29) is 0 Å². The van der Waals surface area contributed by atoms with Gasteiger partial charge in [-0.05, 0) is 42.8 Å². The van der Waals surface area contributed by atoms with E-state index in [9.17, 15) is 0 Å². The minimum absolute atomic E-state index is 0.302. The van der Waals surface area contributed by atoms with Gasteiger partial charge in [0.1, 0.15) is 5.75 Å². The standard InChI is InChI=1S/C17H28N2OS/c1-3-4-5-6-7-10-15(19-17(18)21)12-14-9-8-11-16(13-14)20-2/h8-9,11,13,15H,3-7,10,12H2,1-2H3,(H3,18,19,21). The predicted molar refractivity (Wildman–Crippen MR) is 93.8 cm³/mol. The van der Waals surface area contributed by atoms with Crippen molar-refractivity contribution in [3.05, 3.63) is 29.8 Å². The van der Waals surface area contributed by atoms with Gasteiger partial charge in [-0.25, -0.2) is 0 Å². The van der Waals surface area contributed by atoms with Gasteiger partial charge in [-0.3, -0.25) is 0 Å². The SMILES string of the molecule is CCCCCCCC(Cc1cccc(OC)c1)NC(N)=S. The summed E-state index contributed by atoms with van der Waals surface area (Å²) in [4.78, 5) is 0. The largest absolute Gasteiger partial charge is 0.497 e. The maximum Gasteiger partial charge on any atom is 0.163 e. The van der Waals surface area contributed by atoms with Crippen LogP contribution in [0, 0.1) is 0 Å². The molecule has 0 fully saturated rings. The third-order valence-electron chi connectivity index (χ3n) is 3.62. The highest BCUT2D eigenvalue weighted by Crippen LogP contribution is 2.16. The lowest BCUT2D eigenvalue weighted by Crippen LogP contribution is -2.39. The van der Waals surface area contributed by atoms with E-state index in [0.29, 0.717) is 11.2 Å². The van der Waals surface area contributed by atoms with Crippen LogP contribution in [0.3, 0.4) is 0 Å². The maximum absolute atomic E-state index is 5.65. The van der Waals surface area contributed by atoms with Gasteiger partial charge in [-0.2, -0.15) is 0 Å². The second-order valence-electron chi connectivity index (χ2n) is 5.46. The first-order valence-electron chi connectivity index (χ1n) is 7.84. The monoisotopic (exact) mass is 308 g/mol. The first-order chi connectivity index (χ1) is 10.2. The summed E-state index contributed by atoms with van der Waals surface area (Å²) in [6.07, 6.45) is 8.42. The number of hydrogen-bond acceptors (Lipinski definition) is 2. The molecule has 0 spiro atoms. The molecule has 0 saturated heterocycles. The van der Waals surface area contributed by atoms with E-state index in [4.69, 9.17) is 22.7 Å². The molecule has 3 nitrogen and oxygen atoms in total. The molecule has 0 aromatic heterocycles. The summed E-state index contributed by atoms with van der Waals surface area (Å²) < 4.78 is 5.27. The third-order valence-corrected chi connectivity index (χ3v) is 3.74. The van der Waals surface area contributed by atoms with Crippen LogP contribution in [-0.2, 0) is 6.42 Å². The van der Waals surface area contributed by atoms with Crippen molar-refractivity contribution in [3.63, 3.8) is 0 Å². The van der Waals surface area contributed by atoms with Gasteiger partial charge >= 0.3 is 0 Å². The number of nitrogens with two attached hydrogens (primary N) is 1. The Kier molecular flexibility index (Phi) is 8.83. The number of rotatable bonds is 10. The molecule has 4 heteroatoms. The van der Waals surface area contributed by atoms with Crippen molar-refractivity contribution >= 4 is 17.3 Å². The van der Waals surface area contributed by atoms with E-state index in [0.717, 1.165) is 18.6 Å². The van der Waals surface area contributed by atoms with Gasteiger partial charge in [0.25, 0.3) is 0 Å². The van der Waals surface area contributed by atoms with E-state index < -0.39 is 0 Å². The number of nitrogens with one attached hydrogen (secondary N) is 1. The van der Waals surface area contributed by atoms with Crippen LogP contribution in [-0.4, -0.2) is 18.3 Å². The minimum Gasteiger partial charge on any atom is -0.497 e. The van der Waals surface area contributed by atoms with Crippen LogP contribution in [0.5, 0.6) is 5.75 Å². The number of hydrogen-bond donors (Lipinski definition) is 2. The maximum atomic E-state index is 5.65. The van der Waals surface area contributed by atoms with Crippen LogP contribution in [0.2, 0.25) is 0 Å². The molecule has 0 aliphatic carbocycles. The second-order valence-corrected chi connectivity index (χ2v) is 5.90. The van der Waals surface area contributed by atoms with Gasteiger partial charge in [-0.15, -0.1) is 0 Å². The van der Waals surface area contributed by atoms with Crippen molar-refractivity contribution in [3.8, 4) is 5.75 Å². The molecule has 3 N–H and O–H groups in total. The summed E-state index contributed by atoms with van der Waals surface area (Å²) in [5, 5.41) is 3.61. The molecule has 0 saturated carbocycles. The average Bonchev–Trinajstić information content (AvgIpc) is 2.46. The fourth-order valence-electron chi connectivity index (χ4n) is 2.50. The molecule has 0 radical (unpaired) electrons. The lowest BCUT2D eigenvalue weighted by atomic mass is 9.99. The molecule has 1 unspecified atom stereocenters.